The van der Waals surface area contributed by atoms with Gasteiger partial charge in [0.25, 0.3) is 0 Å². The Kier molecular flexibility index (Phi) is 47.7. The molecule has 4 heteroatoms. The Morgan fingerprint density at radius 3 is 0.929 bits per heavy atom. The van der Waals surface area contributed by atoms with Crippen LogP contribution in [0.15, 0.2) is 12.2 Å². The monoisotopic (exact) mass is 790 g/mol. The molecule has 0 aliphatic carbocycles. The highest BCUT2D eigenvalue weighted by Crippen LogP contribution is 2.17. The first-order valence-corrected chi connectivity index (χ1v) is 25.9. The van der Waals surface area contributed by atoms with E-state index in [2.05, 4.69) is 19.2 Å². The molecule has 2 atom stereocenters. The zero-order valence-electron chi connectivity index (χ0n) is 38.4. The molecule has 0 spiro atoms. The molecule has 0 saturated carbocycles. The van der Waals surface area contributed by atoms with Gasteiger partial charge >= 0.3 is 0 Å². The van der Waals surface area contributed by atoms with Crippen molar-refractivity contribution in [2.75, 3.05) is 6.61 Å². The highest BCUT2D eigenvalue weighted by atomic mass is 16.3. The summed E-state index contributed by atoms with van der Waals surface area (Å²) in [6.45, 7) is 4.35. The zero-order valence-corrected chi connectivity index (χ0v) is 38.4. The van der Waals surface area contributed by atoms with Crippen molar-refractivity contribution in [3.8, 4) is 0 Å². The number of nitrogens with one attached hydrogen (secondary N) is 1. The Bertz CT molecular complexity index is 769. The van der Waals surface area contributed by atoms with Crippen LogP contribution in [0.3, 0.4) is 0 Å². The molecule has 1 amide bonds. The molecule has 0 aromatic carbocycles. The number of hydrogen-bond donors (Lipinski definition) is 3. The number of allylic oxidation sites excluding steroid dienone is 1. The summed E-state index contributed by atoms with van der Waals surface area (Å²) in [4.78, 5) is 12.4. The number of unbranched alkanes of at least 4 members (excludes halogenated alkanes) is 41. The van der Waals surface area contributed by atoms with E-state index in [1.165, 1.54) is 250 Å². The maximum Gasteiger partial charge on any atom is 0.220 e. The van der Waals surface area contributed by atoms with Crippen molar-refractivity contribution in [1.29, 1.82) is 0 Å². The summed E-state index contributed by atoms with van der Waals surface area (Å²) in [6, 6.07) is -0.617. The second-order valence-corrected chi connectivity index (χ2v) is 18.0. The molecular weight excluding hydrogens is 687 g/mol. The molecule has 0 rings (SSSR count). The highest BCUT2D eigenvalue weighted by Gasteiger charge is 2.18. The summed E-state index contributed by atoms with van der Waals surface area (Å²) < 4.78 is 0. The van der Waals surface area contributed by atoms with Crippen molar-refractivity contribution in [3.05, 3.63) is 12.2 Å². The van der Waals surface area contributed by atoms with Gasteiger partial charge < -0.3 is 15.5 Å². The number of rotatable bonds is 48. The maximum atomic E-state index is 12.4. The Morgan fingerprint density at radius 1 is 0.411 bits per heavy atom. The molecule has 0 bridgehead atoms. The standard InChI is InChI=1S/C52H103NO3/c1-3-5-7-9-11-13-15-17-19-21-23-24-25-26-27-28-30-31-33-35-37-39-41-43-45-47-51(55)50(49-54)53-52(56)48-46-44-42-40-38-36-34-32-29-22-20-18-16-14-12-10-8-6-4-2/h45,47,50-51,54-55H,3-44,46,48-49H2,1-2H3,(H,53,56)/b47-45+. The number of amides is 1. The van der Waals surface area contributed by atoms with Crippen LogP contribution >= 0.6 is 0 Å². The average molecular weight is 790 g/mol. The molecule has 0 aromatic heterocycles. The predicted molar refractivity (Wildman–Crippen MR) is 249 cm³/mol. The van der Waals surface area contributed by atoms with Crippen LogP contribution in [-0.2, 0) is 4.79 Å². The minimum atomic E-state index is -0.835. The largest absolute Gasteiger partial charge is 0.394 e. The topological polar surface area (TPSA) is 69.6 Å². The molecule has 0 aliphatic rings. The summed E-state index contributed by atoms with van der Waals surface area (Å²) in [5.74, 6) is -0.0571. The molecule has 0 heterocycles. The van der Waals surface area contributed by atoms with Gasteiger partial charge in [-0.25, -0.2) is 0 Å². The van der Waals surface area contributed by atoms with E-state index in [1.807, 2.05) is 6.08 Å². The summed E-state index contributed by atoms with van der Waals surface area (Å²) >= 11 is 0. The van der Waals surface area contributed by atoms with E-state index in [-0.39, 0.29) is 12.5 Å². The summed E-state index contributed by atoms with van der Waals surface area (Å²) in [5, 5.41) is 23.1. The lowest BCUT2D eigenvalue weighted by molar-refractivity contribution is -0.123. The number of aliphatic hydroxyl groups excluding tert-OH is 2. The predicted octanol–water partition coefficient (Wildman–Crippen LogP) is 16.6. The molecular formula is C52H103NO3. The fourth-order valence-corrected chi connectivity index (χ4v) is 8.30. The smallest absolute Gasteiger partial charge is 0.220 e. The Hall–Kier alpha value is -0.870. The molecule has 0 fully saturated rings. The lowest BCUT2D eigenvalue weighted by Crippen LogP contribution is -2.45. The molecule has 2 unspecified atom stereocenters. The number of carbonyl (C=O) groups excluding carboxylic acids is 1. The molecule has 56 heavy (non-hydrogen) atoms. The zero-order chi connectivity index (χ0) is 40.7. The normalized spacial score (nSPS) is 12.9. The van der Waals surface area contributed by atoms with E-state index in [0.29, 0.717) is 6.42 Å². The van der Waals surface area contributed by atoms with Crippen LogP contribution < -0.4 is 5.32 Å². The first-order chi connectivity index (χ1) is 27.7. The van der Waals surface area contributed by atoms with Crippen LogP contribution in [0.1, 0.15) is 296 Å². The van der Waals surface area contributed by atoms with Gasteiger partial charge in [-0.3, -0.25) is 4.79 Å². The highest BCUT2D eigenvalue weighted by molar-refractivity contribution is 5.76. The third-order valence-electron chi connectivity index (χ3n) is 12.3. The van der Waals surface area contributed by atoms with Gasteiger partial charge in [0.05, 0.1) is 18.8 Å². The van der Waals surface area contributed by atoms with Crippen LogP contribution in [0.5, 0.6) is 0 Å². The van der Waals surface area contributed by atoms with Gasteiger partial charge in [0.1, 0.15) is 0 Å². The van der Waals surface area contributed by atoms with Gasteiger partial charge in [0, 0.05) is 6.42 Å². The van der Waals surface area contributed by atoms with Crippen LogP contribution in [0.2, 0.25) is 0 Å². The lowest BCUT2D eigenvalue weighted by Gasteiger charge is -2.20. The minimum Gasteiger partial charge on any atom is -0.394 e. The summed E-state index contributed by atoms with van der Waals surface area (Å²) in [7, 11) is 0. The molecule has 0 saturated heterocycles. The first-order valence-electron chi connectivity index (χ1n) is 25.9. The van der Waals surface area contributed by atoms with Crippen LogP contribution in [0.4, 0.5) is 0 Å². The fourth-order valence-electron chi connectivity index (χ4n) is 8.30. The first kappa shape index (κ1) is 55.1. The van der Waals surface area contributed by atoms with E-state index in [4.69, 9.17) is 0 Å². The third kappa shape index (κ3) is 44.2. The van der Waals surface area contributed by atoms with Gasteiger partial charge in [0.2, 0.25) is 5.91 Å². The van der Waals surface area contributed by atoms with Gasteiger partial charge in [-0.1, -0.05) is 283 Å². The number of carbonyl (C=O) groups is 1. The molecule has 0 aliphatic heterocycles. The van der Waals surface area contributed by atoms with Crippen LogP contribution in [-0.4, -0.2) is 34.9 Å². The van der Waals surface area contributed by atoms with E-state index in [0.717, 1.165) is 25.7 Å². The molecule has 334 valence electrons. The quantitative estimate of drug-likeness (QED) is 0.0425. The Balaban J connectivity index is 3.47. The molecule has 0 radical (unpaired) electrons. The average Bonchev–Trinajstić information content (AvgIpc) is 3.20. The number of aliphatic hydroxyl groups is 2. The molecule has 0 aromatic rings. The Labute approximate surface area is 352 Å². The van der Waals surface area contributed by atoms with Crippen LogP contribution in [0.25, 0.3) is 0 Å². The summed E-state index contributed by atoms with van der Waals surface area (Å²) in [6.07, 6.45) is 62.1. The van der Waals surface area contributed by atoms with Crippen molar-refractivity contribution in [2.24, 2.45) is 0 Å². The SMILES string of the molecule is CCCCCCCCCCCCCCCCCCCCCCCCC/C=C/C(O)C(CO)NC(=O)CCCCCCCCCCCCCCCCCCCCC. The maximum absolute atomic E-state index is 12.4. The van der Waals surface area contributed by atoms with E-state index in [9.17, 15) is 15.0 Å². The van der Waals surface area contributed by atoms with Gasteiger partial charge in [0.15, 0.2) is 0 Å². The van der Waals surface area contributed by atoms with Crippen LogP contribution in [0, 0.1) is 0 Å². The third-order valence-corrected chi connectivity index (χ3v) is 12.3. The van der Waals surface area contributed by atoms with E-state index >= 15 is 0 Å². The van der Waals surface area contributed by atoms with Crippen molar-refractivity contribution in [2.45, 2.75) is 309 Å². The van der Waals surface area contributed by atoms with E-state index in [1.54, 1.807) is 6.08 Å². The molecule has 4 nitrogen and oxygen atoms in total. The van der Waals surface area contributed by atoms with Gasteiger partial charge in [-0.2, -0.15) is 0 Å². The van der Waals surface area contributed by atoms with Crippen molar-refractivity contribution >= 4 is 5.91 Å². The second-order valence-electron chi connectivity index (χ2n) is 18.0. The van der Waals surface area contributed by atoms with Gasteiger partial charge in [-0.05, 0) is 19.3 Å². The van der Waals surface area contributed by atoms with Crippen molar-refractivity contribution < 1.29 is 15.0 Å². The lowest BCUT2D eigenvalue weighted by atomic mass is 10.0. The Morgan fingerprint density at radius 2 is 0.661 bits per heavy atom. The minimum absolute atomic E-state index is 0.0571. The number of hydrogen-bond acceptors (Lipinski definition) is 3. The molecule has 3 N–H and O–H groups in total. The van der Waals surface area contributed by atoms with Gasteiger partial charge in [-0.15, -0.1) is 0 Å². The van der Waals surface area contributed by atoms with E-state index < -0.39 is 12.1 Å². The second kappa shape index (κ2) is 48.5. The van der Waals surface area contributed by atoms with Crippen molar-refractivity contribution in [1.82, 2.24) is 5.32 Å². The summed E-state index contributed by atoms with van der Waals surface area (Å²) in [5.41, 5.74) is 0. The fraction of sp³-hybridized carbons (Fsp3) is 0.942. The van der Waals surface area contributed by atoms with Crippen molar-refractivity contribution in [3.63, 3.8) is 0 Å².